The molecule has 1 aromatic heterocycles. The van der Waals surface area contributed by atoms with Crippen LogP contribution in [0.25, 0.3) is 5.76 Å². The predicted molar refractivity (Wildman–Crippen MR) is 98.1 cm³/mol. The van der Waals surface area contributed by atoms with Gasteiger partial charge in [0.1, 0.15) is 0 Å². The maximum Gasteiger partial charge on any atom is 0.236 e. The Bertz CT molecular complexity index is 769. The summed E-state index contributed by atoms with van der Waals surface area (Å²) in [6, 6.07) is 0. The van der Waals surface area contributed by atoms with Gasteiger partial charge in [-0.2, -0.15) is 0 Å². The Hall–Kier alpha value is -0.950. The van der Waals surface area contributed by atoms with Crippen LogP contribution < -0.4 is 0 Å². The predicted octanol–water partition coefficient (Wildman–Crippen LogP) is 4.74. The van der Waals surface area contributed by atoms with E-state index in [1.165, 1.54) is 16.9 Å². The monoisotopic (exact) mass is 377 g/mol. The summed E-state index contributed by atoms with van der Waals surface area (Å²) in [5.41, 5.74) is 1.76. The summed E-state index contributed by atoms with van der Waals surface area (Å²) < 4.78 is 12.9. The van der Waals surface area contributed by atoms with Gasteiger partial charge in [0.05, 0.1) is 5.69 Å². The number of rotatable bonds is 1. The SMILES string of the molecule is CC1=C(c2nc(C)c(C)s2)OC2OC3(C)CC[C@H]4[C@H](C)CC[C@@H]1[C@@]24OO3. The zero-order chi connectivity index (χ0) is 18.3. The Balaban J connectivity index is 1.66. The number of thiazole rings is 1. The van der Waals surface area contributed by atoms with Crippen LogP contribution in [0.3, 0.4) is 0 Å². The van der Waals surface area contributed by atoms with Gasteiger partial charge in [-0.3, -0.25) is 0 Å². The number of aromatic nitrogens is 1. The molecule has 0 aromatic carbocycles. The van der Waals surface area contributed by atoms with Crippen molar-refractivity contribution >= 4 is 17.1 Å². The summed E-state index contributed by atoms with van der Waals surface area (Å²) >= 11 is 1.70. The summed E-state index contributed by atoms with van der Waals surface area (Å²) in [6.45, 7) is 10.6. The van der Waals surface area contributed by atoms with Gasteiger partial charge >= 0.3 is 0 Å². The van der Waals surface area contributed by atoms with Crippen molar-refractivity contribution in [2.45, 2.75) is 78.0 Å². The van der Waals surface area contributed by atoms with Crippen molar-refractivity contribution in [3.8, 4) is 0 Å². The van der Waals surface area contributed by atoms with E-state index in [1.807, 2.05) is 6.92 Å². The Kier molecular flexibility index (Phi) is 3.65. The van der Waals surface area contributed by atoms with Gasteiger partial charge in [0, 0.05) is 23.1 Å². The number of hydrogen-bond acceptors (Lipinski definition) is 6. The molecule has 2 unspecified atom stereocenters. The van der Waals surface area contributed by atoms with Crippen molar-refractivity contribution < 1.29 is 19.2 Å². The Morgan fingerprint density at radius 3 is 2.65 bits per heavy atom. The molecule has 6 heteroatoms. The zero-order valence-electron chi connectivity index (χ0n) is 16.1. The second kappa shape index (κ2) is 5.53. The fourth-order valence-corrected chi connectivity index (χ4v) is 6.37. The summed E-state index contributed by atoms with van der Waals surface area (Å²) in [5.74, 6) is 1.35. The van der Waals surface area contributed by atoms with Crippen LogP contribution in [-0.2, 0) is 19.2 Å². The van der Waals surface area contributed by atoms with Crippen LogP contribution >= 0.6 is 11.3 Å². The smallest absolute Gasteiger partial charge is 0.236 e. The van der Waals surface area contributed by atoms with Crippen molar-refractivity contribution in [2.75, 3.05) is 0 Å². The molecule has 5 nitrogen and oxygen atoms in total. The molecule has 6 atom stereocenters. The van der Waals surface area contributed by atoms with Crippen LogP contribution in [0, 0.1) is 31.6 Å². The van der Waals surface area contributed by atoms with Crippen LogP contribution in [0.15, 0.2) is 5.57 Å². The molecule has 1 aromatic rings. The highest BCUT2D eigenvalue weighted by Crippen LogP contribution is 2.61. The number of nitrogens with zero attached hydrogens (tertiary/aromatic N) is 1. The molecule has 1 saturated carbocycles. The topological polar surface area (TPSA) is 49.8 Å². The molecule has 3 saturated heterocycles. The van der Waals surface area contributed by atoms with Crippen LogP contribution in [0.5, 0.6) is 0 Å². The van der Waals surface area contributed by atoms with Crippen LogP contribution in [0.4, 0.5) is 0 Å². The van der Waals surface area contributed by atoms with Gasteiger partial charge < -0.3 is 9.47 Å². The molecule has 142 valence electrons. The third-order valence-electron chi connectivity index (χ3n) is 7.05. The lowest BCUT2D eigenvalue weighted by molar-refractivity contribution is -0.553. The maximum atomic E-state index is 6.51. The fraction of sp³-hybridized carbons (Fsp3) is 0.750. The van der Waals surface area contributed by atoms with Crippen molar-refractivity contribution in [1.82, 2.24) is 4.98 Å². The van der Waals surface area contributed by atoms with E-state index in [9.17, 15) is 0 Å². The van der Waals surface area contributed by atoms with Gasteiger partial charge in [0.15, 0.2) is 16.4 Å². The van der Waals surface area contributed by atoms with E-state index in [2.05, 4.69) is 27.7 Å². The van der Waals surface area contributed by atoms with E-state index in [4.69, 9.17) is 24.2 Å². The van der Waals surface area contributed by atoms with Gasteiger partial charge in [-0.05, 0) is 58.4 Å². The lowest BCUT2D eigenvalue weighted by atomic mass is 9.59. The highest BCUT2D eigenvalue weighted by atomic mass is 32.1. The minimum Gasteiger partial charge on any atom is -0.458 e. The first-order valence-electron chi connectivity index (χ1n) is 9.70. The van der Waals surface area contributed by atoms with E-state index >= 15 is 0 Å². The maximum absolute atomic E-state index is 6.51. The number of hydrogen-bond donors (Lipinski definition) is 0. The first kappa shape index (κ1) is 17.2. The summed E-state index contributed by atoms with van der Waals surface area (Å²) in [4.78, 5) is 18.0. The molecular weight excluding hydrogens is 350 g/mol. The lowest BCUT2D eigenvalue weighted by Crippen LogP contribution is -2.66. The largest absolute Gasteiger partial charge is 0.458 e. The molecular formula is C20H27NO4S. The van der Waals surface area contributed by atoms with Crippen molar-refractivity contribution in [3.63, 3.8) is 0 Å². The minimum absolute atomic E-state index is 0.240. The molecule has 0 radical (unpaired) electrons. The summed E-state index contributed by atoms with van der Waals surface area (Å²) in [6.07, 6.45) is 3.71. The van der Waals surface area contributed by atoms with Crippen molar-refractivity contribution in [2.24, 2.45) is 17.8 Å². The highest BCUT2D eigenvalue weighted by molar-refractivity contribution is 7.12. The zero-order valence-corrected chi connectivity index (χ0v) is 16.9. The van der Waals surface area contributed by atoms with Gasteiger partial charge in [-0.25, -0.2) is 14.8 Å². The van der Waals surface area contributed by atoms with E-state index in [-0.39, 0.29) is 5.92 Å². The molecule has 2 bridgehead atoms. The first-order valence-corrected chi connectivity index (χ1v) is 10.5. The molecule has 26 heavy (non-hydrogen) atoms. The molecule has 1 aliphatic carbocycles. The summed E-state index contributed by atoms with van der Waals surface area (Å²) in [5, 5.41) is 0.956. The second-order valence-electron chi connectivity index (χ2n) is 8.65. The molecule has 5 heterocycles. The van der Waals surface area contributed by atoms with E-state index < -0.39 is 17.7 Å². The fourth-order valence-electron chi connectivity index (χ4n) is 5.40. The first-order chi connectivity index (χ1) is 12.3. The second-order valence-corrected chi connectivity index (χ2v) is 9.85. The third kappa shape index (κ3) is 2.16. The van der Waals surface area contributed by atoms with Gasteiger partial charge in [-0.1, -0.05) is 6.92 Å². The Labute approximate surface area is 158 Å². The molecule has 0 amide bonds. The highest BCUT2D eigenvalue weighted by Gasteiger charge is 2.68. The van der Waals surface area contributed by atoms with Crippen LogP contribution in [0.2, 0.25) is 0 Å². The van der Waals surface area contributed by atoms with Crippen LogP contribution in [0.1, 0.15) is 62.0 Å². The average Bonchev–Trinajstić information content (AvgIpc) is 2.77. The normalized spacial score (nSPS) is 44.5. The molecule has 1 spiro atoms. The third-order valence-corrected chi connectivity index (χ3v) is 8.12. The average molecular weight is 378 g/mol. The lowest BCUT2D eigenvalue weighted by Gasteiger charge is -2.57. The quantitative estimate of drug-likeness (QED) is 0.662. The van der Waals surface area contributed by atoms with E-state index in [0.29, 0.717) is 11.8 Å². The van der Waals surface area contributed by atoms with E-state index in [0.717, 1.165) is 35.7 Å². The number of aryl methyl sites for hydroxylation is 2. The molecule has 5 aliphatic rings. The summed E-state index contributed by atoms with van der Waals surface area (Å²) in [7, 11) is 0. The van der Waals surface area contributed by atoms with Gasteiger partial charge in [0.25, 0.3) is 0 Å². The van der Waals surface area contributed by atoms with Crippen molar-refractivity contribution in [3.05, 3.63) is 21.2 Å². The standard InChI is InChI=1S/C20H27NO4S/c1-10-6-7-15-11(2)16(17-21-12(3)13(4)26-17)22-18-20(15)14(10)8-9-19(5,23-18)24-25-20/h10,14-15,18H,6-9H2,1-5H3/t10-,14+,15+,18?,19?,20-/m1/s1. The Morgan fingerprint density at radius 1 is 1.12 bits per heavy atom. The van der Waals surface area contributed by atoms with Crippen LogP contribution in [-0.4, -0.2) is 22.7 Å². The molecule has 0 N–H and O–H groups in total. The van der Waals surface area contributed by atoms with Crippen molar-refractivity contribution in [1.29, 1.82) is 0 Å². The van der Waals surface area contributed by atoms with Gasteiger partial charge in [-0.15, -0.1) is 11.3 Å². The Morgan fingerprint density at radius 2 is 1.92 bits per heavy atom. The number of fused-ring (bicyclic) bond motifs is 2. The molecule has 6 rings (SSSR count). The van der Waals surface area contributed by atoms with Gasteiger partial charge in [0.2, 0.25) is 12.1 Å². The molecule has 4 aliphatic heterocycles. The molecule has 4 fully saturated rings. The van der Waals surface area contributed by atoms with E-state index in [1.54, 1.807) is 11.3 Å². The minimum atomic E-state index is -0.734. The number of ether oxygens (including phenoxy) is 2.